The molecule has 0 unspecified atom stereocenters. The van der Waals surface area contributed by atoms with Crippen LogP contribution in [0.15, 0.2) is 36.7 Å². The van der Waals surface area contributed by atoms with Gasteiger partial charge >= 0.3 is 0 Å². The number of nitrogens with zero attached hydrogens (tertiary/aromatic N) is 3. The summed E-state index contributed by atoms with van der Waals surface area (Å²) >= 11 is 1.53. The van der Waals surface area contributed by atoms with Crippen LogP contribution in [0.5, 0.6) is 0 Å². The summed E-state index contributed by atoms with van der Waals surface area (Å²) in [6, 6.07) is 7.51. The van der Waals surface area contributed by atoms with Gasteiger partial charge in [0, 0.05) is 54.1 Å². The number of aryl methyl sites for hydroxylation is 2. The van der Waals surface area contributed by atoms with Gasteiger partial charge in [-0.1, -0.05) is 11.5 Å². The average Bonchev–Trinajstić information content (AvgIpc) is 3.21. The van der Waals surface area contributed by atoms with Crippen LogP contribution in [0.2, 0.25) is 0 Å². The summed E-state index contributed by atoms with van der Waals surface area (Å²) < 4.78 is 1.93. The lowest BCUT2D eigenvalue weighted by molar-refractivity contribution is 0.0942. The van der Waals surface area contributed by atoms with Gasteiger partial charge < -0.3 is 11.1 Å². The van der Waals surface area contributed by atoms with Crippen LogP contribution in [0.1, 0.15) is 26.7 Å². The Balaban J connectivity index is 1.55. The number of rotatable bonds is 5. The molecule has 1 atom stereocenters. The Morgan fingerprint density at radius 1 is 1.44 bits per heavy atom. The first-order chi connectivity index (χ1) is 13.2. The normalized spacial score (nSPS) is 14.1. The number of carbonyl (C=O) groups excluding carboxylic acids is 1. The van der Waals surface area contributed by atoms with E-state index >= 15 is 0 Å². The molecule has 3 aromatic rings. The highest BCUT2D eigenvalue weighted by Crippen LogP contribution is 2.34. The SMILES string of the molecule is [B]c1cnn2c1-c1cc(C(=O)N[C@H](CN)Cc3ccccn3)sc1CCC2. The zero-order valence-electron chi connectivity index (χ0n) is 14.9. The number of fused-ring (bicyclic) bond motifs is 3. The topological polar surface area (TPSA) is 85.8 Å². The van der Waals surface area contributed by atoms with E-state index in [0.717, 1.165) is 36.3 Å². The molecule has 4 heterocycles. The van der Waals surface area contributed by atoms with E-state index in [-0.39, 0.29) is 11.9 Å². The molecule has 6 nitrogen and oxygen atoms in total. The van der Waals surface area contributed by atoms with Crippen molar-refractivity contribution in [3.05, 3.63) is 52.1 Å². The molecule has 0 saturated carbocycles. The van der Waals surface area contributed by atoms with Gasteiger partial charge in [0.1, 0.15) is 7.85 Å². The Hall–Kier alpha value is -2.45. The van der Waals surface area contributed by atoms with E-state index < -0.39 is 0 Å². The molecule has 1 aliphatic heterocycles. The quantitative estimate of drug-likeness (QED) is 0.651. The predicted molar refractivity (Wildman–Crippen MR) is 107 cm³/mol. The molecular weight excluding hydrogens is 357 g/mol. The highest BCUT2D eigenvalue weighted by atomic mass is 32.1. The highest BCUT2D eigenvalue weighted by molar-refractivity contribution is 7.14. The summed E-state index contributed by atoms with van der Waals surface area (Å²) in [6.45, 7) is 1.20. The number of aromatic nitrogens is 3. The van der Waals surface area contributed by atoms with Crippen LogP contribution in [-0.2, 0) is 19.4 Å². The number of thiophene rings is 1. The minimum atomic E-state index is -0.162. The Morgan fingerprint density at radius 2 is 2.33 bits per heavy atom. The lowest BCUT2D eigenvalue weighted by atomic mass is 9.93. The summed E-state index contributed by atoms with van der Waals surface area (Å²) in [5.41, 5.74) is 9.37. The van der Waals surface area contributed by atoms with Crippen molar-refractivity contribution in [3.8, 4) is 11.3 Å². The van der Waals surface area contributed by atoms with Gasteiger partial charge in [0.15, 0.2) is 0 Å². The van der Waals surface area contributed by atoms with Crippen LogP contribution in [-0.4, -0.2) is 41.1 Å². The maximum absolute atomic E-state index is 12.8. The Labute approximate surface area is 163 Å². The first kappa shape index (κ1) is 17.9. The maximum Gasteiger partial charge on any atom is 0.261 e. The lowest BCUT2D eigenvalue weighted by Gasteiger charge is -2.15. The van der Waals surface area contributed by atoms with Crippen molar-refractivity contribution in [2.24, 2.45) is 5.73 Å². The van der Waals surface area contributed by atoms with Gasteiger partial charge in [-0.05, 0) is 31.0 Å². The molecule has 0 saturated heterocycles. The number of carbonyl (C=O) groups is 1. The van der Waals surface area contributed by atoms with Crippen molar-refractivity contribution < 1.29 is 4.79 Å². The first-order valence-corrected chi connectivity index (χ1v) is 9.82. The zero-order valence-corrected chi connectivity index (χ0v) is 15.7. The summed E-state index contributed by atoms with van der Waals surface area (Å²) in [6.07, 6.45) is 5.93. The fourth-order valence-electron chi connectivity index (χ4n) is 3.40. The monoisotopic (exact) mass is 377 g/mol. The third-order valence-electron chi connectivity index (χ3n) is 4.73. The van der Waals surface area contributed by atoms with E-state index in [1.807, 2.05) is 28.9 Å². The first-order valence-electron chi connectivity index (χ1n) is 9.01. The smallest absolute Gasteiger partial charge is 0.261 e. The number of nitrogens with two attached hydrogens (primary N) is 1. The Bertz CT molecular complexity index is 952. The molecule has 3 aromatic heterocycles. The molecule has 27 heavy (non-hydrogen) atoms. The van der Waals surface area contributed by atoms with Crippen molar-refractivity contribution >= 4 is 30.6 Å². The van der Waals surface area contributed by atoms with E-state index in [4.69, 9.17) is 13.6 Å². The number of hydrogen-bond donors (Lipinski definition) is 2. The van der Waals surface area contributed by atoms with Crippen LogP contribution < -0.4 is 16.5 Å². The van der Waals surface area contributed by atoms with Gasteiger partial charge in [0.25, 0.3) is 5.91 Å². The van der Waals surface area contributed by atoms with E-state index in [0.29, 0.717) is 23.3 Å². The Kier molecular flexibility index (Phi) is 5.09. The standard InChI is InChI=1S/C19H20BN5OS/c20-15-11-23-25-7-3-5-16-14(18(15)25)9-17(27-16)19(26)24-13(10-21)8-12-4-1-2-6-22-12/h1-2,4,6,9,11,13H,3,5,7-8,10,21H2,(H,24,26)/t13-/m0/s1. The van der Waals surface area contributed by atoms with Gasteiger partial charge in [-0.3, -0.25) is 14.5 Å². The van der Waals surface area contributed by atoms with E-state index in [2.05, 4.69) is 15.4 Å². The van der Waals surface area contributed by atoms with Gasteiger partial charge in [-0.25, -0.2) is 0 Å². The molecule has 2 radical (unpaired) electrons. The Morgan fingerprint density at radius 3 is 3.11 bits per heavy atom. The van der Waals surface area contributed by atoms with Gasteiger partial charge in [0.05, 0.1) is 10.6 Å². The summed E-state index contributed by atoms with van der Waals surface area (Å²) in [7, 11) is 6.12. The molecule has 4 rings (SSSR count). The average molecular weight is 377 g/mol. The molecule has 1 aliphatic rings. The summed E-state index contributed by atoms with van der Waals surface area (Å²) in [4.78, 5) is 19.0. The summed E-state index contributed by atoms with van der Waals surface area (Å²) in [5, 5.41) is 7.39. The largest absolute Gasteiger partial charge is 0.347 e. The van der Waals surface area contributed by atoms with Gasteiger partial charge in [-0.2, -0.15) is 5.10 Å². The number of nitrogens with one attached hydrogen (secondary N) is 1. The van der Waals surface area contributed by atoms with E-state index in [1.165, 1.54) is 16.2 Å². The summed E-state index contributed by atoms with van der Waals surface area (Å²) in [5.74, 6) is -0.107. The zero-order chi connectivity index (χ0) is 18.8. The van der Waals surface area contributed by atoms with Gasteiger partial charge in [0.2, 0.25) is 0 Å². The van der Waals surface area contributed by atoms with E-state index in [1.54, 1.807) is 12.4 Å². The van der Waals surface area contributed by atoms with Gasteiger partial charge in [-0.15, -0.1) is 11.3 Å². The highest BCUT2D eigenvalue weighted by Gasteiger charge is 2.23. The maximum atomic E-state index is 12.8. The molecule has 0 aromatic carbocycles. The third-order valence-corrected chi connectivity index (χ3v) is 5.92. The molecule has 8 heteroatoms. The fraction of sp³-hybridized carbons (Fsp3) is 0.316. The molecule has 0 aliphatic carbocycles. The van der Waals surface area contributed by atoms with Crippen LogP contribution in [0.4, 0.5) is 0 Å². The molecule has 0 spiro atoms. The lowest BCUT2D eigenvalue weighted by Crippen LogP contribution is -2.41. The number of amides is 1. The number of hydrogen-bond acceptors (Lipinski definition) is 5. The minimum Gasteiger partial charge on any atom is -0.347 e. The second-order valence-electron chi connectivity index (χ2n) is 6.65. The van der Waals surface area contributed by atoms with Crippen molar-refractivity contribution in [2.75, 3.05) is 6.54 Å². The van der Waals surface area contributed by atoms with Crippen LogP contribution in [0, 0.1) is 0 Å². The van der Waals surface area contributed by atoms with Crippen molar-refractivity contribution in [1.82, 2.24) is 20.1 Å². The molecule has 1 amide bonds. The predicted octanol–water partition coefficient (Wildman–Crippen LogP) is 1.05. The minimum absolute atomic E-state index is 0.107. The van der Waals surface area contributed by atoms with Crippen LogP contribution in [0.3, 0.4) is 0 Å². The second-order valence-corrected chi connectivity index (χ2v) is 7.79. The van der Waals surface area contributed by atoms with Crippen molar-refractivity contribution in [2.45, 2.75) is 31.8 Å². The van der Waals surface area contributed by atoms with Crippen LogP contribution >= 0.6 is 11.3 Å². The molecule has 0 fully saturated rings. The van der Waals surface area contributed by atoms with Crippen molar-refractivity contribution in [1.29, 1.82) is 0 Å². The molecule has 136 valence electrons. The third kappa shape index (κ3) is 3.68. The second kappa shape index (κ2) is 7.66. The van der Waals surface area contributed by atoms with Crippen molar-refractivity contribution in [3.63, 3.8) is 0 Å². The molecule has 3 N–H and O–H groups in total. The molecular formula is C19H20BN5OS. The van der Waals surface area contributed by atoms with E-state index in [9.17, 15) is 4.79 Å². The number of pyridine rings is 1. The van der Waals surface area contributed by atoms with Crippen LogP contribution in [0.25, 0.3) is 11.3 Å². The molecule has 0 bridgehead atoms. The fourth-order valence-corrected chi connectivity index (χ4v) is 4.51.